The van der Waals surface area contributed by atoms with Crippen molar-refractivity contribution < 1.29 is 49.9 Å². The first-order valence-corrected chi connectivity index (χ1v) is 19.6. The van der Waals surface area contributed by atoms with Gasteiger partial charge in [-0.3, -0.25) is 28.5 Å². The van der Waals surface area contributed by atoms with Crippen LogP contribution in [0.5, 0.6) is 0 Å². The SMILES string of the molecule is Cn1c(=O)c(C(=O)c2ccccc2)c2c3c(c(Nc4ccc(S(=O)(=O)O)c(CC(=O)CNCCCCCC(=O)O)c4)ccc31)C(=O)c1ccccc1-2.O=S(=O)=O. The molecule has 0 fully saturated rings. The highest BCUT2D eigenvalue weighted by Gasteiger charge is 2.34. The Hall–Kier alpha value is -6.14. The number of ketones is 3. The van der Waals surface area contributed by atoms with Crippen molar-refractivity contribution >= 4 is 66.3 Å². The maximum Gasteiger partial charge on any atom is 0.425 e. The van der Waals surface area contributed by atoms with Crippen molar-refractivity contribution in [2.75, 3.05) is 18.4 Å². The minimum Gasteiger partial charge on any atom is -0.481 e. The molecule has 0 atom stereocenters. The van der Waals surface area contributed by atoms with Gasteiger partial charge < -0.3 is 20.3 Å². The Bertz CT molecular complexity index is 2670. The Morgan fingerprint density at radius 1 is 0.821 bits per heavy atom. The van der Waals surface area contributed by atoms with Crippen molar-refractivity contribution in [3.8, 4) is 11.1 Å². The van der Waals surface area contributed by atoms with Crippen molar-refractivity contribution in [1.82, 2.24) is 9.88 Å². The minimum atomic E-state index is -4.70. The van der Waals surface area contributed by atoms with Crippen LogP contribution in [0.2, 0.25) is 0 Å². The van der Waals surface area contributed by atoms with Gasteiger partial charge in [-0.1, -0.05) is 61.0 Å². The zero-order valence-electron chi connectivity index (χ0n) is 29.8. The fourth-order valence-corrected chi connectivity index (χ4v) is 7.33. The van der Waals surface area contributed by atoms with E-state index in [2.05, 4.69) is 10.6 Å². The second kappa shape index (κ2) is 17.5. The highest BCUT2D eigenvalue weighted by atomic mass is 32.2. The summed E-state index contributed by atoms with van der Waals surface area (Å²) in [6.45, 7) is 0.391. The van der Waals surface area contributed by atoms with Crippen molar-refractivity contribution in [2.24, 2.45) is 7.05 Å². The van der Waals surface area contributed by atoms with E-state index in [9.17, 15) is 36.9 Å². The second-order valence-electron chi connectivity index (χ2n) is 12.8. The van der Waals surface area contributed by atoms with Gasteiger partial charge in [-0.15, -0.1) is 12.6 Å². The number of hydrogen-bond donors (Lipinski definition) is 4. The molecular formula is C39H35N3O12S2. The first-order chi connectivity index (χ1) is 26.6. The smallest absolute Gasteiger partial charge is 0.425 e. The van der Waals surface area contributed by atoms with Gasteiger partial charge in [0.05, 0.1) is 33.8 Å². The van der Waals surface area contributed by atoms with Gasteiger partial charge in [-0.2, -0.15) is 8.42 Å². The first kappa shape index (κ1) is 41.0. The number of unbranched alkanes of at least 4 members (excludes halogenated alkanes) is 2. The third kappa shape index (κ3) is 9.20. The lowest BCUT2D eigenvalue weighted by atomic mass is 9.80. The van der Waals surface area contributed by atoms with Crippen molar-refractivity contribution in [3.05, 3.63) is 123 Å². The van der Waals surface area contributed by atoms with E-state index in [1.807, 2.05) is 0 Å². The highest BCUT2D eigenvalue weighted by Crippen LogP contribution is 2.44. The highest BCUT2D eigenvalue weighted by molar-refractivity contribution is 7.85. The number of carboxylic acid groups (broad SMARTS) is 1. The maximum absolute atomic E-state index is 14.3. The van der Waals surface area contributed by atoms with Crippen LogP contribution >= 0.6 is 0 Å². The molecule has 0 saturated heterocycles. The summed E-state index contributed by atoms with van der Waals surface area (Å²) < 4.78 is 61.2. The van der Waals surface area contributed by atoms with Gasteiger partial charge in [0.15, 0.2) is 17.3 Å². The monoisotopic (exact) mass is 801 g/mol. The average Bonchev–Trinajstić information content (AvgIpc) is 3.14. The quantitative estimate of drug-likeness (QED) is 0.0643. The lowest BCUT2D eigenvalue weighted by Crippen LogP contribution is -2.29. The van der Waals surface area contributed by atoms with Crippen LogP contribution in [0, 0.1) is 0 Å². The average molecular weight is 802 g/mol. The van der Waals surface area contributed by atoms with E-state index < -0.39 is 42.9 Å². The van der Waals surface area contributed by atoms with E-state index in [4.69, 9.17) is 17.7 Å². The van der Waals surface area contributed by atoms with Crippen molar-refractivity contribution in [3.63, 3.8) is 0 Å². The number of aromatic nitrogens is 1. The summed E-state index contributed by atoms with van der Waals surface area (Å²) in [6.07, 6.45) is 1.59. The molecule has 56 heavy (non-hydrogen) atoms. The molecule has 0 bridgehead atoms. The molecule has 0 aliphatic heterocycles. The Labute approximate surface area is 321 Å². The van der Waals surface area contributed by atoms with Gasteiger partial charge in [0.25, 0.3) is 15.7 Å². The Balaban J connectivity index is 0.00000143. The van der Waals surface area contributed by atoms with Crippen LogP contribution in [-0.2, 0) is 43.8 Å². The van der Waals surface area contributed by atoms with E-state index in [1.165, 1.54) is 29.8 Å². The molecule has 17 heteroatoms. The molecule has 0 saturated carbocycles. The lowest BCUT2D eigenvalue weighted by Gasteiger charge is -2.25. The van der Waals surface area contributed by atoms with Crippen LogP contribution in [-0.4, -0.2) is 71.7 Å². The molecule has 15 nitrogen and oxygen atoms in total. The predicted octanol–water partition coefficient (Wildman–Crippen LogP) is 4.31. The van der Waals surface area contributed by atoms with E-state index in [0.29, 0.717) is 70.3 Å². The van der Waals surface area contributed by atoms with Crippen LogP contribution < -0.4 is 16.2 Å². The van der Waals surface area contributed by atoms with Crippen LogP contribution in [0.15, 0.2) is 94.6 Å². The molecule has 4 N–H and O–H groups in total. The van der Waals surface area contributed by atoms with E-state index in [1.54, 1.807) is 66.7 Å². The van der Waals surface area contributed by atoms with E-state index >= 15 is 0 Å². The molecule has 1 aliphatic rings. The minimum absolute atomic E-state index is 0.0330. The van der Waals surface area contributed by atoms with Crippen LogP contribution in [0.3, 0.4) is 0 Å². The predicted molar refractivity (Wildman–Crippen MR) is 205 cm³/mol. The maximum atomic E-state index is 14.3. The number of rotatable bonds is 15. The fourth-order valence-electron chi connectivity index (χ4n) is 6.63. The third-order valence-corrected chi connectivity index (χ3v) is 10.0. The lowest BCUT2D eigenvalue weighted by molar-refractivity contribution is -0.137. The number of Topliss-reactive ketones (excluding diaryl/α,β-unsaturated/α-hetero) is 1. The molecule has 5 aromatic rings. The summed E-state index contributed by atoms with van der Waals surface area (Å²) in [5.41, 5.74) is 2.09. The zero-order chi connectivity index (χ0) is 40.7. The van der Waals surface area contributed by atoms with Gasteiger partial charge in [0.1, 0.15) is 0 Å². The summed E-state index contributed by atoms with van der Waals surface area (Å²) in [6, 6.07) is 22.4. The molecule has 4 aromatic carbocycles. The van der Waals surface area contributed by atoms with Crippen LogP contribution in [0.1, 0.15) is 63.1 Å². The number of carboxylic acids is 1. The van der Waals surface area contributed by atoms with Gasteiger partial charge >= 0.3 is 16.6 Å². The number of nitrogens with one attached hydrogen (secondary N) is 2. The summed E-state index contributed by atoms with van der Waals surface area (Å²) >= 11 is 0. The summed E-state index contributed by atoms with van der Waals surface area (Å²) in [4.78, 5) is 65.3. The standard InChI is InChI=1S/C39H35N3O9S.O3S/c1-42-30-17-16-29(41-25-15-18-31(52(49,50)51)24(20-25)21-26(43)22-40-19-9-3-6-14-32(44)45)34-35(30)33(27-12-7-8-13-28(27)38(34)47)36(39(42)48)37(46)23-10-4-2-5-11-23;1-4(2)3/h2,4-5,7-8,10-13,15-18,20,40-41H,3,6,9,14,19,21-22H2,1H3,(H,44,45)(H,49,50,51);. The van der Waals surface area contributed by atoms with E-state index in [0.717, 1.165) is 0 Å². The second-order valence-corrected chi connectivity index (χ2v) is 14.6. The molecular weight excluding hydrogens is 767 g/mol. The Kier molecular flexibility index (Phi) is 12.9. The zero-order valence-corrected chi connectivity index (χ0v) is 31.4. The molecule has 1 aliphatic carbocycles. The summed E-state index contributed by atoms with van der Waals surface area (Å²) in [5.74, 6) is -2.06. The van der Waals surface area contributed by atoms with Gasteiger partial charge in [-0.05, 0) is 60.8 Å². The Morgan fingerprint density at radius 3 is 2.14 bits per heavy atom. The van der Waals surface area contributed by atoms with E-state index in [-0.39, 0.29) is 47.6 Å². The molecule has 0 spiro atoms. The molecule has 0 amide bonds. The first-order valence-electron chi connectivity index (χ1n) is 17.1. The van der Waals surface area contributed by atoms with Crippen molar-refractivity contribution in [1.29, 1.82) is 0 Å². The molecule has 6 rings (SSSR count). The number of benzene rings is 4. The largest absolute Gasteiger partial charge is 0.481 e. The number of nitrogens with zero attached hydrogens (tertiary/aromatic N) is 1. The van der Waals surface area contributed by atoms with Crippen LogP contribution in [0.25, 0.3) is 22.0 Å². The van der Waals surface area contributed by atoms with Crippen LogP contribution in [0.4, 0.5) is 11.4 Å². The van der Waals surface area contributed by atoms with Crippen molar-refractivity contribution in [2.45, 2.75) is 37.0 Å². The number of anilines is 2. The number of aryl methyl sites for hydroxylation is 1. The number of aliphatic carboxylic acids is 1. The molecule has 0 unspecified atom stereocenters. The number of pyridine rings is 1. The fraction of sp³-hybridized carbons (Fsp3) is 0.205. The normalized spacial score (nSPS) is 11.6. The van der Waals surface area contributed by atoms with Gasteiger partial charge in [0, 0.05) is 47.7 Å². The van der Waals surface area contributed by atoms with Gasteiger partial charge in [-0.25, -0.2) is 0 Å². The number of carbonyl (C=O) groups is 4. The molecule has 0 radical (unpaired) electrons. The molecule has 1 aromatic heterocycles. The molecule has 1 heterocycles. The summed E-state index contributed by atoms with van der Waals surface area (Å²) in [5, 5.41) is 15.3. The number of carbonyl (C=O) groups excluding carboxylic acids is 3. The molecule has 290 valence electrons. The summed E-state index contributed by atoms with van der Waals surface area (Å²) in [7, 11) is -6.28. The topological polar surface area (TPSA) is 240 Å². The van der Waals surface area contributed by atoms with Gasteiger partial charge in [0.2, 0.25) is 0 Å². The third-order valence-electron chi connectivity index (χ3n) is 9.07. The Morgan fingerprint density at radius 2 is 1.48 bits per heavy atom. The number of hydrogen-bond acceptors (Lipinski definition) is 12. The number of fused-ring (bicyclic) bond motifs is 2.